The number of hydrogen-bond donors (Lipinski definition) is 2. The van der Waals surface area contributed by atoms with Crippen molar-refractivity contribution in [2.45, 2.75) is 30.3 Å². The number of halogens is 2. The van der Waals surface area contributed by atoms with Crippen molar-refractivity contribution in [3.63, 3.8) is 0 Å². The van der Waals surface area contributed by atoms with Crippen molar-refractivity contribution in [3.05, 3.63) is 29.3 Å². The molecular weight excluding hydrogens is 250 g/mol. The van der Waals surface area contributed by atoms with Gasteiger partial charge in [-0.05, 0) is 30.5 Å². The van der Waals surface area contributed by atoms with Gasteiger partial charge in [0, 0.05) is 12.6 Å². The van der Waals surface area contributed by atoms with Crippen LogP contribution in [-0.4, -0.2) is 14.5 Å². The van der Waals surface area contributed by atoms with E-state index in [1.54, 1.807) is 0 Å². The largest absolute Gasteiger partial charge is 0.310 e. The van der Waals surface area contributed by atoms with Crippen molar-refractivity contribution >= 4 is 10.0 Å². The Morgan fingerprint density at radius 3 is 2.53 bits per heavy atom. The summed E-state index contributed by atoms with van der Waals surface area (Å²) in [4.78, 5) is -0.801. The molecule has 0 heterocycles. The average Bonchev–Trinajstić information content (AvgIpc) is 3.01. The topological polar surface area (TPSA) is 72.2 Å². The molecule has 3 N–H and O–H groups in total. The first-order valence-corrected chi connectivity index (χ1v) is 6.66. The van der Waals surface area contributed by atoms with Crippen molar-refractivity contribution in [1.29, 1.82) is 0 Å². The van der Waals surface area contributed by atoms with Crippen LogP contribution >= 0.6 is 0 Å². The van der Waals surface area contributed by atoms with E-state index < -0.39 is 26.6 Å². The third-order valence-corrected chi connectivity index (χ3v) is 3.44. The van der Waals surface area contributed by atoms with Crippen molar-refractivity contribution in [2.24, 2.45) is 5.14 Å². The Bertz CT molecular complexity index is 541. The SMILES string of the molecule is NS(=O)(=O)c1cc(CNC2CC2)cc(F)c1F. The fourth-order valence-electron chi connectivity index (χ4n) is 1.48. The molecule has 7 heteroatoms. The molecule has 0 amide bonds. The highest BCUT2D eigenvalue weighted by Crippen LogP contribution is 2.21. The summed E-state index contributed by atoms with van der Waals surface area (Å²) in [5.74, 6) is -2.63. The van der Waals surface area contributed by atoms with Crippen LogP contribution in [0, 0.1) is 11.6 Å². The molecule has 0 aliphatic heterocycles. The molecule has 1 saturated carbocycles. The van der Waals surface area contributed by atoms with Crippen molar-refractivity contribution in [1.82, 2.24) is 5.32 Å². The van der Waals surface area contributed by atoms with Crippen molar-refractivity contribution in [3.8, 4) is 0 Å². The predicted octanol–water partition coefficient (Wildman–Crippen LogP) is 0.864. The Balaban J connectivity index is 2.31. The van der Waals surface area contributed by atoms with Gasteiger partial charge in [0.15, 0.2) is 11.6 Å². The summed E-state index contributed by atoms with van der Waals surface area (Å²) < 4.78 is 48.5. The van der Waals surface area contributed by atoms with E-state index in [0.717, 1.165) is 25.0 Å². The van der Waals surface area contributed by atoms with E-state index in [1.165, 1.54) is 0 Å². The summed E-state index contributed by atoms with van der Waals surface area (Å²) >= 11 is 0. The molecule has 1 aliphatic carbocycles. The van der Waals surface area contributed by atoms with Gasteiger partial charge in [0.1, 0.15) is 4.90 Å². The van der Waals surface area contributed by atoms with Gasteiger partial charge in [-0.15, -0.1) is 0 Å². The van der Waals surface area contributed by atoms with E-state index in [0.29, 0.717) is 18.2 Å². The van der Waals surface area contributed by atoms with E-state index in [-0.39, 0.29) is 0 Å². The van der Waals surface area contributed by atoms with Gasteiger partial charge in [-0.1, -0.05) is 0 Å². The number of benzene rings is 1. The molecule has 0 saturated heterocycles. The molecule has 17 heavy (non-hydrogen) atoms. The Morgan fingerprint density at radius 1 is 1.35 bits per heavy atom. The number of nitrogens with two attached hydrogens (primary N) is 1. The maximum absolute atomic E-state index is 13.2. The molecule has 0 radical (unpaired) electrons. The molecule has 94 valence electrons. The third-order valence-electron chi connectivity index (χ3n) is 2.53. The Hall–Kier alpha value is -1.05. The van der Waals surface area contributed by atoms with Crippen LogP contribution in [0.4, 0.5) is 8.78 Å². The fraction of sp³-hybridized carbons (Fsp3) is 0.400. The van der Waals surface area contributed by atoms with Gasteiger partial charge in [-0.3, -0.25) is 0 Å². The van der Waals surface area contributed by atoms with Gasteiger partial charge in [-0.25, -0.2) is 22.3 Å². The van der Waals surface area contributed by atoms with Crippen LogP contribution in [-0.2, 0) is 16.6 Å². The molecule has 0 bridgehead atoms. The summed E-state index contributed by atoms with van der Waals surface area (Å²) in [5, 5.41) is 7.88. The van der Waals surface area contributed by atoms with Gasteiger partial charge < -0.3 is 5.32 Å². The van der Waals surface area contributed by atoms with Gasteiger partial charge in [0.2, 0.25) is 10.0 Å². The van der Waals surface area contributed by atoms with Crippen LogP contribution in [0.25, 0.3) is 0 Å². The quantitative estimate of drug-likeness (QED) is 0.845. The summed E-state index contributed by atoms with van der Waals surface area (Å²) in [7, 11) is -4.24. The minimum atomic E-state index is -4.24. The normalized spacial score (nSPS) is 16.2. The lowest BCUT2D eigenvalue weighted by Gasteiger charge is -2.07. The average molecular weight is 262 g/mol. The van der Waals surface area contributed by atoms with Gasteiger partial charge in [0.25, 0.3) is 0 Å². The monoisotopic (exact) mass is 262 g/mol. The summed E-state index contributed by atoms with van der Waals surface area (Å²) in [6.45, 7) is 0.296. The minimum absolute atomic E-state index is 0.296. The first-order valence-electron chi connectivity index (χ1n) is 5.12. The van der Waals surface area contributed by atoms with Crippen molar-refractivity contribution in [2.75, 3.05) is 0 Å². The van der Waals surface area contributed by atoms with Crippen LogP contribution < -0.4 is 10.5 Å². The van der Waals surface area contributed by atoms with Gasteiger partial charge in [0.05, 0.1) is 0 Å². The molecule has 0 unspecified atom stereocenters. The highest BCUT2D eigenvalue weighted by Gasteiger charge is 2.22. The number of sulfonamides is 1. The van der Waals surface area contributed by atoms with Crippen LogP contribution in [0.2, 0.25) is 0 Å². The molecule has 0 atom stereocenters. The Kier molecular flexibility index (Phi) is 3.15. The molecule has 0 spiro atoms. The molecule has 1 fully saturated rings. The van der Waals surface area contributed by atoms with E-state index in [2.05, 4.69) is 5.32 Å². The number of rotatable bonds is 4. The van der Waals surface area contributed by atoms with Gasteiger partial charge >= 0.3 is 0 Å². The Labute approximate surface area is 97.9 Å². The summed E-state index contributed by atoms with van der Waals surface area (Å²) in [6.07, 6.45) is 2.09. The molecule has 2 rings (SSSR count). The van der Waals surface area contributed by atoms with Gasteiger partial charge in [-0.2, -0.15) is 0 Å². The lowest BCUT2D eigenvalue weighted by molar-refractivity contribution is 0.482. The second-order valence-corrected chi connectivity index (χ2v) is 5.62. The zero-order valence-electron chi connectivity index (χ0n) is 8.91. The van der Waals surface area contributed by atoms with E-state index in [9.17, 15) is 17.2 Å². The second-order valence-electron chi connectivity index (χ2n) is 4.09. The second kappa shape index (κ2) is 4.32. The highest BCUT2D eigenvalue weighted by molar-refractivity contribution is 7.89. The molecule has 4 nitrogen and oxygen atoms in total. The lowest BCUT2D eigenvalue weighted by atomic mass is 10.2. The van der Waals surface area contributed by atoms with E-state index >= 15 is 0 Å². The zero-order valence-corrected chi connectivity index (χ0v) is 9.73. The van der Waals surface area contributed by atoms with E-state index in [4.69, 9.17) is 5.14 Å². The molecule has 0 aromatic heterocycles. The summed E-state index contributed by atoms with van der Waals surface area (Å²) in [5.41, 5.74) is 0.361. The standard InChI is InChI=1S/C10H12F2N2O2S/c11-8-3-6(5-14-7-1-2-7)4-9(10(8)12)17(13,15)16/h3-4,7,14H,1-2,5H2,(H2,13,15,16). The molecular formula is C10H12F2N2O2S. The van der Waals surface area contributed by atoms with Crippen LogP contribution in [0.5, 0.6) is 0 Å². The first-order chi connectivity index (χ1) is 7.88. The lowest BCUT2D eigenvalue weighted by Crippen LogP contribution is -2.18. The predicted molar refractivity (Wildman–Crippen MR) is 57.6 cm³/mol. The smallest absolute Gasteiger partial charge is 0.241 e. The third kappa shape index (κ3) is 2.99. The van der Waals surface area contributed by atoms with Crippen LogP contribution in [0.1, 0.15) is 18.4 Å². The highest BCUT2D eigenvalue weighted by atomic mass is 32.2. The maximum Gasteiger partial charge on any atom is 0.241 e. The maximum atomic E-state index is 13.2. The van der Waals surface area contributed by atoms with Crippen molar-refractivity contribution < 1.29 is 17.2 Å². The zero-order chi connectivity index (χ0) is 12.6. The molecule has 1 aromatic carbocycles. The van der Waals surface area contributed by atoms with Crippen LogP contribution in [0.3, 0.4) is 0 Å². The number of primary sulfonamides is 1. The number of nitrogens with one attached hydrogen (secondary N) is 1. The van der Waals surface area contributed by atoms with Crippen LogP contribution in [0.15, 0.2) is 17.0 Å². The first kappa shape index (κ1) is 12.4. The minimum Gasteiger partial charge on any atom is -0.310 e. The molecule has 1 aromatic rings. The Morgan fingerprint density at radius 2 is 2.00 bits per heavy atom. The fourth-order valence-corrected chi connectivity index (χ4v) is 2.14. The summed E-state index contributed by atoms with van der Waals surface area (Å²) in [6, 6.07) is 2.42. The molecule has 1 aliphatic rings. The van der Waals surface area contributed by atoms with E-state index in [1.807, 2.05) is 0 Å². The number of hydrogen-bond acceptors (Lipinski definition) is 3.